The fourth-order valence-electron chi connectivity index (χ4n) is 1.41. The molecule has 1 saturated carbocycles. The number of aromatic amines is 1. The van der Waals surface area contributed by atoms with Crippen LogP contribution in [0.2, 0.25) is 0 Å². The minimum atomic E-state index is -0.992. The summed E-state index contributed by atoms with van der Waals surface area (Å²) in [6.45, 7) is 0. The van der Waals surface area contributed by atoms with Gasteiger partial charge in [-0.2, -0.15) is 0 Å². The first-order valence-corrected chi connectivity index (χ1v) is 4.72. The van der Waals surface area contributed by atoms with Gasteiger partial charge in [-0.3, -0.25) is 4.79 Å². The first-order chi connectivity index (χ1) is 7.59. The number of carboxylic acid groups (broad SMARTS) is 1. The van der Waals surface area contributed by atoms with E-state index < -0.39 is 17.1 Å². The van der Waals surface area contributed by atoms with E-state index in [2.05, 4.69) is 15.3 Å². The van der Waals surface area contributed by atoms with Crippen LogP contribution in [0.25, 0.3) is 0 Å². The van der Waals surface area contributed by atoms with Gasteiger partial charge in [0.1, 0.15) is 5.54 Å². The summed E-state index contributed by atoms with van der Waals surface area (Å²) < 4.78 is 4.87. The van der Waals surface area contributed by atoms with Crippen LogP contribution < -0.4 is 15.6 Å². The lowest BCUT2D eigenvalue weighted by Gasteiger charge is -2.14. The van der Waals surface area contributed by atoms with Crippen molar-refractivity contribution in [2.45, 2.75) is 18.4 Å². The highest BCUT2D eigenvalue weighted by Crippen LogP contribution is 2.39. The van der Waals surface area contributed by atoms with Crippen molar-refractivity contribution >= 4 is 11.8 Å². The Morgan fingerprint density at radius 2 is 2.38 bits per heavy atom. The second-order valence-corrected chi connectivity index (χ2v) is 3.63. The van der Waals surface area contributed by atoms with Gasteiger partial charge in [0.2, 0.25) is 5.75 Å². The molecule has 0 saturated heterocycles. The highest BCUT2D eigenvalue weighted by atomic mass is 16.5. The Kier molecular flexibility index (Phi) is 2.30. The Morgan fingerprint density at radius 3 is 2.88 bits per heavy atom. The van der Waals surface area contributed by atoms with Crippen molar-refractivity contribution in [2.75, 3.05) is 12.4 Å². The largest absolute Gasteiger partial charge is 0.489 e. The maximum absolute atomic E-state index is 11.3. The molecule has 7 nitrogen and oxygen atoms in total. The molecular weight excluding hydrogens is 214 g/mol. The fourth-order valence-corrected chi connectivity index (χ4v) is 1.41. The van der Waals surface area contributed by atoms with Crippen LogP contribution in [0.4, 0.5) is 5.82 Å². The molecule has 0 aromatic carbocycles. The van der Waals surface area contributed by atoms with Crippen LogP contribution in [0, 0.1) is 0 Å². The van der Waals surface area contributed by atoms with E-state index in [9.17, 15) is 9.59 Å². The van der Waals surface area contributed by atoms with Crippen molar-refractivity contribution in [2.24, 2.45) is 0 Å². The number of methoxy groups -OCH3 is 1. The van der Waals surface area contributed by atoms with Crippen molar-refractivity contribution in [3.8, 4) is 5.75 Å². The molecule has 1 fully saturated rings. The van der Waals surface area contributed by atoms with Gasteiger partial charge in [0.05, 0.1) is 13.4 Å². The van der Waals surface area contributed by atoms with Crippen LogP contribution in [-0.4, -0.2) is 33.7 Å². The van der Waals surface area contributed by atoms with Crippen LogP contribution >= 0.6 is 0 Å². The second-order valence-electron chi connectivity index (χ2n) is 3.63. The average molecular weight is 225 g/mol. The SMILES string of the molecule is COc1c(NC2(C(=O)O)CC2)nc[nH]c1=O. The van der Waals surface area contributed by atoms with E-state index in [-0.39, 0.29) is 11.6 Å². The predicted octanol–water partition coefficient (Wildman–Crippen LogP) is -0.192. The summed E-state index contributed by atoms with van der Waals surface area (Å²) >= 11 is 0. The summed E-state index contributed by atoms with van der Waals surface area (Å²) in [5, 5.41) is 11.7. The first-order valence-electron chi connectivity index (χ1n) is 4.72. The van der Waals surface area contributed by atoms with Gasteiger partial charge in [-0.05, 0) is 12.8 Å². The Balaban J connectivity index is 2.32. The van der Waals surface area contributed by atoms with Gasteiger partial charge in [-0.15, -0.1) is 0 Å². The van der Waals surface area contributed by atoms with Crippen molar-refractivity contribution in [1.29, 1.82) is 0 Å². The molecule has 86 valence electrons. The molecule has 0 atom stereocenters. The van der Waals surface area contributed by atoms with Gasteiger partial charge in [0.25, 0.3) is 5.56 Å². The highest BCUT2D eigenvalue weighted by Gasteiger charge is 2.51. The van der Waals surface area contributed by atoms with E-state index in [0.717, 1.165) is 0 Å². The maximum atomic E-state index is 11.3. The molecule has 3 N–H and O–H groups in total. The monoisotopic (exact) mass is 225 g/mol. The number of rotatable bonds is 4. The van der Waals surface area contributed by atoms with Crippen molar-refractivity contribution in [1.82, 2.24) is 9.97 Å². The summed E-state index contributed by atoms with van der Waals surface area (Å²) in [6.07, 6.45) is 2.23. The number of H-pyrrole nitrogens is 1. The van der Waals surface area contributed by atoms with Crippen LogP contribution in [0.3, 0.4) is 0 Å². The lowest BCUT2D eigenvalue weighted by Crippen LogP contribution is -2.32. The smallest absolute Gasteiger partial charge is 0.329 e. The van der Waals surface area contributed by atoms with E-state index >= 15 is 0 Å². The molecule has 1 heterocycles. The molecule has 16 heavy (non-hydrogen) atoms. The number of aromatic nitrogens is 2. The number of ether oxygens (including phenoxy) is 1. The third-order valence-corrected chi connectivity index (χ3v) is 2.53. The molecule has 1 aromatic heterocycles. The Morgan fingerprint density at radius 1 is 1.69 bits per heavy atom. The standard InChI is InChI=1S/C9H11N3O4/c1-16-5-6(10-4-11-7(5)13)12-9(2-3-9)8(14)15/h4H,2-3H2,1H3,(H,14,15)(H2,10,11,12,13). The molecular formula is C9H11N3O4. The Labute approximate surface area is 90.5 Å². The van der Waals surface area contributed by atoms with E-state index in [1.54, 1.807) is 0 Å². The van der Waals surface area contributed by atoms with Gasteiger partial charge in [0.15, 0.2) is 5.82 Å². The summed E-state index contributed by atoms with van der Waals surface area (Å²) in [7, 11) is 1.33. The van der Waals surface area contributed by atoms with Gasteiger partial charge in [-0.1, -0.05) is 0 Å². The third kappa shape index (κ3) is 1.60. The number of anilines is 1. The zero-order valence-corrected chi connectivity index (χ0v) is 8.61. The summed E-state index contributed by atoms with van der Waals surface area (Å²) in [6, 6.07) is 0. The summed E-state index contributed by atoms with van der Waals surface area (Å²) in [5.41, 5.74) is -1.44. The van der Waals surface area contributed by atoms with Crippen LogP contribution in [0.1, 0.15) is 12.8 Å². The summed E-state index contributed by atoms with van der Waals surface area (Å²) in [4.78, 5) is 28.5. The van der Waals surface area contributed by atoms with E-state index in [1.807, 2.05) is 0 Å². The number of carbonyl (C=O) groups is 1. The number of carboxylic acids is 1. The van der Waals surface area contributed by atoms with Gasteiger partial charge in [0, 0.05) is 0 Å². The number of aliphatic carboxylic acids is 1. The van der Waals surface area contributed by atoms with Gasteiger partial charge >= 0.3 is 5.97 Å². The normalized spacial score (nSPS) is 16.6. The molecule has 0 unspecified atom stereocenters. The van der Waals surface area contributed by atoms with E-state index in [4.69, 9.17) is 9.84 Å². The molecule has 1 aliphatic carbocycles. The topological polar surface area (TPSA) is 104 Å². The average Bonchev–Trinajstić information content (AvgIpc) is 2.99. The molecule has 0 amide bonds. The lowest BCUT2D eigenvalue weighted by atomic mass is 10.3. The number of nitrogens with zero attached hydrogens (tertiary/aromatic N) is 1. The lowest BCUT2D eigenvalue weighted by molar-refractivity contribution is -0.138. The third-order valence-electron chi connectivity index (χ3n) is 2.53. The number of nitrogens with one attached hydrogen (secondary N) is 2. The molecule has 0 aliphatic heterocycles. The van der Waals surface area contributed by atoms with Crippen molar-refractivity contribution in [3.63, 3.8) is 0 Å². The quantitative estimate of drug-likeness (QED) is 0.656. The first kappa shape index (κ1) is 10.5. The molecule has 0 radical (unpaired) electrons. The molecule has 1 aliphatic rings. The Hall–Kier alpha value is -2.05. The van der Waals surface area contributed by atoms with Crippen LogP contribution in [0.5, 0.6) is 5.75 Å². The van der Waals surface area contributed by atoms with E-state index in [1.165, 1.54) is 13.4 Å². The molecule has 7 heteroatoms. The second kappa shape index (κ2) is 3.51. The van der Waals surface area contributed by atoms with Crippen molar-refractivity contribution in [3.05, 3.63) is 16.7 Å². The molecule has 0 spiro atoms. The van der Waals surface area contributed by atoms with E-state index in [0.29, 0.717) is 12.8 Å². The molecule has 0 bridgehead atoms. The Bertz CT molecular complexity index is 478. The predicted molar refractivity (Wildman–Crippen MR) is 54.6 cm³/mol. The zero-order valence-electron chi connectivity index (χ0n) is 8.61. The zero-order chi connectivity index (χ0) is 11.8. The van der Waals surface area contributed by atoms with Crippen LogP contribution in [0.15, 0.2) is 11.1 Å². The highest BCUT2D eigenvalue weighted by molar-refractivity contribution is 5.86. The summed E-state index contributed by atoms with van der Waals surface area (Å²) in [5.74, 6) is -0.794. The fraction of sp³-hybridized carbons (Fsp3) is 0.444. The van der Waals surface area contributed by atoms with Gasteiger partial charge < -0.3 is 20.1 Å². The molecule has 1 aromatic rings. The maximum Gasteiger partial charge on any atom is 0.329 e. The van der Waals surface area contributed by atoms with Crippen LogP contribution in [-0.2, 0) is 4.79 Å². The van der Waals surface area contributed by atoms with Crippen molar-refractivity contribution < 1.29 is 14.6 Å². The van der Waals surface area contributed by atoms with Gasteiger partial charge in [-0.25, -0.2) is 9.78 Å². The molecule has 2 rings (SSSR count). The minimum Gasteiger partial charge on any atom is -0.489 e. The number of hydrogen-bond donors (Lipinski definition) is 3. The minimum absolute atomic E-state index is 0.00461. The number of hydrogen-bond acceptors (Lipinski definition) is 5.